The summed E-state index contributed by atoms with van der Waals surface area (Å²) in [5.41, 5.74) is 6.31. The SMILES string of the molecule is C[C@@H](C(=N)N)C(=O)N[C@H](C)c1ccccc1. The number of amidine groups is 1. The third-order valence-corrected chi connectivity index (χ3v) is 2.52. The fourth-order valence-electron chi connectivity index (χ4n) is 1.30. The minimum atomic E-state index is -0.578. The van der Waals surface area contributed by atoms with Gasteiger partial charge in [-0.15, -0.1) is 0 Å². The molecule has 0 heterocycles. The summed E-state index contributed by atoms with van der Waals surface area (Å²) in [6.07, 6.45) is 0. The minimum Gasteiger partial charge on any atom is -0.387 e. The number of carbonyl (C=O) groups excluding carboxylic acids is 1. The van der Waals surface area contributed by atoms with Crippen LogP contribution in [-0.4, -0.2) is 11.7 Å². The maximum atomic E-state index is 11.6. The monoisotopic (exact) mass is 219 g/mol. The highest BCUT2D eigenvalue weighted by Gasteiger charge is 2.17. The van der Waals surface area contributed by atoms with Crippen molar-refractivity contribution in [2.24, 2.45) is 11.7 Å². The van der Waals surface area contributed by atoms with Crippen LogP contribution < -0.4 is 11.1 Å². The summed E-state index contributed by atoms with van der Waals surface area (Å²) in [6.45, 7) is 3.52. The van der Waals surface area contributed by atoms with Gasteiger partial charge in [-0.1, -0.05) is 30.3 Å². The van der Waals surface area contributed by atoms with Crippen molar-refractivity contribution in [2.45, 2.75) is 19.9 Å². The van der Waals surface area contributed by atoms with Gasteiger partial charge in [-0.25, -0.2) is 0 Å². The maximum Gasteiger partial charge on any atom is 0.230 e. The van der Waals surface area contributed by atoms with Gasteiger partial charge in [-0.2, -0.15) is 0 Å². The number of hydrogen-bond donors (Lipinski definition) is 3. The Hall–Kier alpha value is -1.84. The van der Waals surface area contributed by atoms with E-state index in [1.54, 1.807) is 6.92 Å². The highest BCUT2D eigenvalue weighted by Crippen LogP contribution is 2.11. The number of nitrogens with two attached hydrogens (primary N) is 1. The molecular weight excluding hydrogens is 202 g/mol. The quantitative estimate of drug-likeness (QED) is 0.529. The fraction of sp³-hybridized carbons (Fsp3) is 0.333. The lowest BCUT2D eigenvalue weighted by molar-refractivity contribution is -0.123. The maximum absolute atomic E-state index is 11.6. The second-order valence-corrected chi connectivity index (χ2v) is 3.82. The van der Waals surface area contributed by atoms with Crippen molar-refractivity contribution in [3.05, 3.63) is 35.9 Å². The second-order valence-electron chi connectivity index (χ2n) is 3.82. The van der Waals surface area contributed by atoms with E-state index in [2.05, 4.69) is 5.32 Å². The highest BCUT2D eigenvalue weighted by molar-refractivity contribution is 6.00. The van der Waals surface area contributed by atoms with Crippen LogP contribution in [0.25, 0.3) is 0 Å². The summed E-state index contributed by atoms with van der Waals surface area (Å²) in [5.74, 6) is -0.909. The van der Waals surface area contributed by atoms with Crippen LogP contribution in [0.1, 0.15) is 25.5 Å². The molecule has 1 aromatic carbocycles. The Morgan fingerprint density at radius 1 is 1.31 bits per heavy atom. The zero-order chi connectivity index (χ0) is 12.1. The topological polar surface area (TPSA) is 79.0 Å². The van der Waals surface area contributed by atoms with Crippen molar-refractivity contribution in [3.63, 3.8) is 0 Å². The lowest BCUT2D eigenvalue weighted by atomic mass is 10.1. The standard InChI is InChI=1S/C12H17N3O/c1-8(11(13)14)12(16)15-9(2)10-6-4-3-5-7-10/h3-9H,1-2H3,(H3,13,14)(H,15,16)/t8-,9+/m0/s1. The van der Waals surface area contributed by atoms with Gasteiger partial charge in [0.2, 0.25) is 5.91 Å². The van der Waals surface area contributed by atoms with Crippen molar-refractivity contribution >= 4 is 11.7 Å². The van der Waals surface area contributed by atoms with Gasteiger partial charge < -0.3 is 11.1 Å². The Kier molecular flexibility index (Phi) is 4.05. The molecule has 0 radical (unpaired) electrons. The first-order valence-corrected chi connectivity index (χ1v) is 5.21. The lowest BCUT2D eigenvalue weighted by Gasteiger charge is -2.17. The van der Waals surface area contributed by atoms with Crippen molar-refractivity contribution in [3.8, 4) is 0 Å². The first kappa shape index (κ1) is 12.2. The van der Waals surface area contributed by atoms with Crippen molar-refractivity contribution in [2.75, 3.05) is 0 Å². The Morgan fingerprint density at radius 2 is 1.88 bits per heavy atom. The molecule has 4 nitrogen and oxygen atoms in total. The molecule has 1 rings (SSSR count). The van der Waals surface area contributed by atoms with E-state index >= 15 is 0 Å². The summed E-state index contributed by atoms with van der Waals surface area (Å²) in [6, 6.07) is 9.59. The van der Waals surface area contributed by atoms with Crippen molar-refractivity contribution < 1.29 is 4.79 Å². The normalized spacial score (nSPS) is 13.9. The molecule has 2 atom stereocenters. The first-order valence-electron chi connectivity index (χ1n) is 5.21. The van der Waals surface area contributed by atoms with E-state index in [0.717, 1.165) is 5.56 Å². The van der Waals surface area contributed by atoms with E-state index in [1.807, 2.05) is 37.3 Å². The minimum absolute atomic E-state index is 0.0736. The molecule has 0 saturated carbocycles. The van der Waals surface area contributed by atoms with Crippen molar-refractivity contribution in [1.29, 1.82) is 5.41 Å². The number of hydrogen-bond acceptors (Lipinski definition) is 2. The van der Waals surface area contributed by atoms with Crippen LogP contribution in [0, 0.1) is 11.3 Å². The van der Waals surface area contributed by atoms with Crippen LogP contribution in [0.5, 0.6) is 0 Å². The molecule has 0 bridgehead atoms. The third-order valence-electron chi connectivity index (χ3n) is 2.52. The fourth-order valence-corrected chi connectivity index (χ4v) is 1.30. The van der Waals surface area contributed by atoms with Gasteiger partial charge in [0.1, 0.15) is 5.84 Å². The number of nitrogens with one attached hydrogen (secondary N) is 2. The molecule has 0 saturated heterocycles. The first-order chi connectivity index (χ1) is 7.52. The molecule has 4 N–H and O–H groups in total. The Morgan fingerprint density at radius 3 is 2.38 bits per heavy atom. The second kappa shape index (κ2) is 5.30. The molecule has 1 amide bonds. The van der Waals surface area contributed by atoms with Crippen molar-refractivity contribution in [1.82, 2.24) is 5.32 Å². The van der Waals surface area contributed by atoms with Crippen LogP contribution in [-0.2, 0) is 4.79 Å². The number of carbonyl (C=O) groups is 1. The van der Waals surface area contributed by atoms with E-state index in [-0.39, 0.29) is 17.8 Å². The molecule has 0 unspecified atom stereocenters. The summed E-state index contributed by atoms with van der Waals surface area (Å²) in [7, 11) is 0. The third kappa shape index (κ3) is 3.08. The smallest absolute Gasteiger partial charge is 0.230 e. The van der Waals surface area contributed by atoms with Gasteiger partial charge in [0.15, 0.2) is 0 Å². The van der Waals surface area contributed by atoms with Crippen LogP contribution in [0.3, 0.4) is 0 Å². The molecule has 0 aromatic heterocycles. The van der Waals surface area contributed by atoms with Gasteiger partial charge in [0, 0.05) is 0 Å². The largest absolute Gasteiger partial charge is 0.387 e. The zero-order valence-electron chi connectivity index (χ0n) is 9.53. The average molecular weight is 219 g/mol. The molecule has 86 valence electrons. The molecule has 16 heavy (non-hydrogen) atoms. The molecule has 0 aliphatic heterocycles. The molecule has 4 heteroatoms. The molecule has 0 fully saturated rings. The van der Waals surface area contributed by atoms with E-state index in [1.165, 1.54) is 0 Å². The van der Waals surface area contributed by atoms with Crippen LogP contribution in [0.2, 0.25) is 0 Å². The number of rotatable bonds is 4. The predicted octanol–water partition coefficient (Wildman–Crippen LogP) is 1.44. The predicted molar refractivity (Wildman–Crippen MR) is 64.1 cm³/mol. The number of benzene rings is 1. The summed E-state index contributed by atoms with van der Waals surface area (Å²) in [4.78, 5) is 11.6. The summed E-state index contributed by atoms with van der Waals surface area (Å²) in [5, 5.41) is 10.0. The van der Waals surface area contributed by atoms with E-state index < -0.39 is 5.92 Å². The van der Waals surface area contributed by atoms with E-state index in [4.69, 9.17) is 11.1 Å². The lowest BCUT2D eigenvalue weighted by Crippen LogP contribution is -2.37. The van der Waals surface area contributed by atoms with Crippen LogP contribution in [0.15, 0.2) is 30.3 Å². The van der Waals surface area contributed by atoms with Crippen LogP contribution >= 0.6 is 0 Å². The molecule has 1 aromatic rings. The van der Waals surface area contributed by atoms with Gasteiger partial charge >= 0.3 is 0 Å². The number of amides is 1. The Bertz CT molecular complexity index is 375. The van der Waals surface area contributed by atoms with E-state index in [0.29, 0.717) is 0 Å². The molecular formula is C12H17N3O. The van der Waals surface area contributed by atoms with E-state index in [9.17, 15) is 4.79 Å². The van der Waals surface area contributed by atoms with Gasteiger partial charge in [-0.05, 0) is 19.4 Å². The Balaban J connectivity index is 2.62. The molecule has 0 aliphatic carbocycles. The summed E-state index contributed by atoms with van der Waals surface area (Å²) < 4.78 is 0. The van der Waals surface area contributed by atoms with Gasteiger partial charge in [-0.3, -0.25) is 10.2 Å². The zero-order valence-corrected chi connectivity index (χ0v) is 9.53. The Labute approximate surface area is 95.4 Å². The van der Waals surface area contributed by atoms with Gasteiger partial charge in [0.25, 0.3) is 0 Å². The highest BCUT2D eigenvalue weighted by atomic mass is 16.1. The molecule has 0 aliphatic rings. The average Bonchev–Trinajstić information content (AvgIpc) is 2.28. The van der Waals surface area contributed by atoms with Crippen LogP contribution in [0.4, 0.5) is 0 Å². The summed E-state index contributed by atoms with van der Waals surface area (Å²) >= 11 is 0. The van der Waals surface area contributed by atoms with Gasteiger partial charge in [0.05, 0.1) is 12.0 Å². The molecule has 0 spiro atoms.